The van der Waals surface area contributed by atoms with Crippen molar-refractivity contribution in [3.05, 3.63) is 11.3 Å². The highest BCUT2D eigenvalue weighted by Gasteiger charge is 2.32. The molecule has 1 saturated heterocycles. The molecule has 0 radical (unpaired) electrons. The van der Waals surface area contributed by atoms with Gasteiger partial charge >= 0.3 is 0 Å². The fraction of sp³-hybridized carbons (Fsp3) is 0.769. The molecule has 1 fully saturated rings. The van der Waals surface area contributed by atoms with Gasteiger partial charge in [0, 0.05) is 30.9 Å². The zero-order valence-corrected chi connectivity index (χ0v) is 14.3. The maximum atomic E-state index is 12.7. The molecule has 1 aliphatic rings. The lowest BCUT2D eigenvalue weighted by molar-refractivity contribution is 0.237. The van der Waals surface area contributed by atoms with Crippen LogP contribution in [0, 0.1) is 6.92 Å². The quantitative estimate of drug-likeness (QED) is 0.802. The van der Waals surface area contributed by atoms with E-state index in [2.05, 4.69) is 22.0 Å². The highest BCUT2D eigenvalue weighted by atomic mass is 35.5. The standard InChI is InChI=1S/C13H23ClN4O2S/c1-4-18-7-5-6-11(18)9-17(3)21(19,20)13-12(8-14)10(2)15-16-13/h11H,4-9H2,1-3H3,(H,15,16). The van der Waals surface area contributed by atoms with Crippen molar-refractivity contribution in [1.82, 2.24) is 19.4 Å². The van der Waals surface area contributed by atoms with Crippen LogP contribution >= 0.6 is 11.6 Å². The number of hydrogen-bond acceptors (Lipinski definition) is 4. The second-order valence-corrected chi connectivity index (χ2v) is 7.70. The van der Waals surface area contributed by atoms with Crippen LogP contribution in [0.15, 0.2) is 5.03 Å². The third-order valence-electron chi connectivity index (χ3n) is 4.20. The smallest absolute Gasteiger partial charge is 0.262 e. The molecular weight excluding hydrogens is 312 g/mol. The summed E-state index contributed by atoms with van der Waals surface area (Å²) in [5.41, 5.74) is 1.26. The van der Waals surface area contributed by atoms with Gasteiger partial charge in [0.2, 0.25) is 0 Å². The number of alkyl halides is 1. The molecule has 0 aromatic carbocycles. The first-order chi connectivity index (χ1) is 9.91. The molecule has 1 aromatic rings. The lowest BCUT2D eigenvalue weighted by Crippen LogP contribution is -2.41. The molecule has 6 nitrogen and oxygen atoms in total. The summed E-state index contributed by atoms with van der Waals surface area (Å²) in [4.78, 5) is 2.32. The summed E-state index contributed by atoms with van der Waals surface area (Å²) in [6.07, 6.45) is 2.16. The van der Waals surface area contributed by atoms with E-state index >= 15 is 0 Å². The Bertz CT molecular complexity index is 587. The molecule has 0 spiro atoms. The zero-order chi connectivity index (χ0) is 15.6. The summed E-state index contributed by atoms with van der Waals surface area (Å²) in [6, 6.07) is 0.286. The van der Waals surface area contributed by atoms with E-state index in [9.17, 15) is 8.42 Å². The minimum Gasteiger partial charge on any atom is -0.299 e. The average Bonchev–Trinajstić information content (AvgIpc) is 3.04. The van der Waals surface area contributed by atoms with E-state index in [0.717, 1.165) is 25.9 Å². The van der Waals surface area contributed by atoms with Crippen molar-refractivity contribution in [3.8, 4) is 0 Å². The van der Waals surface area contributed by atoms with E-state index in [1.54, 1.807) is 14.0 Å². The number of likely N-dealkylation sites (tertiary alicyclic amines) is 1. The number of sulfonamides is 1. The van der Waals surface area contributed by atoms with E-state index in [1.807, 2.05) is 0 Å². The largest absolute Gasteiger partial charge is 0.299 e. The Morgan fingerprint density at radius 3 is 2.86 bits per heavy atom. The summed E-state index contributed by atoms with van der Waals surface area (Å²) < 4.78 is 26.7. The van der Waals surface area contributed by atoms with Crippen LogP contribution in [0.25, 0.3) is 0 Å². The number of aromatic nitrogens is 2. The van der Waals surface area contributed by atoms with Gasteiger partial charge in [-0.3, -0.25) is 10.00 Å². The van der Waals surface area contributed by atoms with Gasteiger partial charge in [-0.15, -0.1) is 11.6 Å². The summed E-state index contributed by atoms with van der Waals surface area (Å²) in [7, 11) is -1.99. The Morgan fingerprint density at radius 2 is 2.24 bits per heavy atom. The molecule has 0 saturated carbocycles. The van der Waals surface area contributed by atoms with Crippen LogP contribution in [0.4, 0.5) is 0 Å². The number of hydrogen-bond donors (Lipinski definition) is 1. The molecule has 1 unspecified atom stereocenters. The van der Waals surface area contributed by atoms with Crippen LogP contribution in [-0.4, -0.2) is 60.5 Å². The van der Waals surface area contributed by atoms with Crippen LogP contribution in [0.5, 0.6) is 0 Å². The maximum absolute atomic E-state index is 12.7. The molecule has 1 aliphatic heterocycles. The molecule has 120 valence electrons. The van der Waals surface area contributed by atoms with Crippen molar-refractivity contribution >= 4 is 21.6 Å². The monoisotopic (exact) mass is 334 g/mol. The number of H-pyrrole nitrogens is 1. The van der Waals surface area contributed by atoms with Crippen LogP contribution in [0.1, 0.15) is 31.0 Å². The third kappa shape index (κ3) is 3.26. The molecule has 8 heteroatoms. The zero-order valence-electron chi connectivity index (χ0n) is 12.8. The molecule has 1 atom stereocenters. The van der Waals surface area contributed by atoms with E-state index in [1.165, 1.54) is 4.31 Å². The van der Waals surface area contributed by atoms with Gasteiger partial charge in [0.15, 0.2) is 5.03 Å². The Balaban J connectivity index is 2.19. The van der Waals surface area contributed by atoms with Gasteiger partial charge in [-0.05, 0) is 32.9 Å². The topological polar surface area (TPSA) is 69.3 Å². The highest BCUT2D eigenvalue weighted by Crippen LogP contribution is 2.24. The van der Waals surface area contributed by atoms with Gasteiger partial charge in [-0.2, -0.15) is 9.40 Å². The molecule has 0 aliphatic carbocycles. The summed E-state index contributed by atoms with van der Waals surface area (Å²) in [5.74, 6) is 0.134. The molecule has 21 heavy (non-hydrogen) atoms. The van der Waals surface area contributed by atoms with Gasteiger partial charge in [-0.25, -0.2) is 8.42 Å². The predicted octanol–water partition coefficient (Wildman–Crippen LogP) is 1.56. The number of aryl methyl sites for hydroxylation is 1. The second-order valence-electron chi connectivity index (χ2n) is 5.48. The number of rotatable bonds is 6. The van der Waals surface area contributed by atoms with Crippen LogP contribution < -0.4 is 0 Å². The van der Waals surface area contributed by atoms with Crippen LogP contribution in [0.2, 0.25) is 0 Å². The second kappa shape index (κ2) is 6.64. The van der Waals surface area contributed by atoms with E-state index in [-0.39, 0.29) is 16.9 Å². The first-order valence-corrected chi connectivity index (χ1v) is 9.19. The van der Waals surface area contributed by atoms with Crippen molar-refractivity contribution in [3.63, 3.8) is 0 Å². The molecule has 1 aromatic heterocycles. The fourth-order valence-electron chi connectivity index (χ4n) is 2.86. The minimum atomic E-state index is -3.60. The van der Waals surface area contributed by atoms with Gasteiger partial charge in [0.05, 0.1) is 5.88 Å². The number of halogens is 1. The number of aromatic amines is 1. The van der Waals surface area contributed by atoms with E-state index in [0.29, 0.717) is 17.8 Å². The van der Waals surface area contributed by atoms with Crippen molar-refractivity contribution in [1.29, 1.82) is 0 Å². The van der Waals surface area contributed by atoms with Crippen molar-refractivity contribution in [2.45, 2.75) is 43.6 Å². The van der Waals surface area contributed by atoms with Crippen LogP contribution in [0.3, 0.4) is 0 Å². The Hall–Kier alpha value is -0.630. The Morgan fingerprint density at radius 1 is 1.52 bits per heavy atom. The van der Waals surface area contributed by atoms with Gasteiger partial charge in [0.25, 0.3) is 10.0 Å². The van der Waals surface area contributed by atoms with Crippen molar-refractivity contribution in [2.75, 3.05) is 26.7 Å². The molecule has 0 amide bonds. The lowest BCUT2D eigenvalue weighted by atomic mass is 10.2. The third-order valence-corrected chi connectivity index (χ3v) is 6.26. The minimum absolute atomic E-state index is 0.0542. The van der Waals surface area contributed by atoms with Crippen LogP contribution in [-0.2, 0) is 15.9 Å². The normalized spacial score (nSPS) is 20.5. The summed E-state index contributed by atoms with van der Waals surface area (Å²) >= 11 is 5.85. The maximum Gasteiger partial charge on any atom is 0.262 e. The highest BCUT2D eigenvalue weighted by molar-refractivity contribution is 7.89. The predicted molar refractivity (Wildman–Crippen MR) is 83.0 cm³/mol. The Labute approximate surface area is 131 Å². The van der Waals surface area contributed by atoms with Gasteiger partial charge in [-0.1, -0.05) is 6.92 Å². The first kappa shape index (κ1) is 16.7. The lowest BCUT2D eigenvalue weighted by Gasteiger charge is -2.27. The SMILES string of the molecule is CCN1CCCC1CN(C)S(=O)(=O)c1n[nH]c(C)c1CCl. The molecule has 1 N–H and O–H groups in total. The first-order valence-electron chi connectivity index (χ1n) is 7.22. The fourth-order valence-corrected chi connectivity index (χ4v) is 4.63. The number of likely N-dealkylation sites (N-methyl/N-ethyl adjacent to an activating group) is 2. The van der Waals surface area contributed by atoms with E-state index in [4.69, 9.17) is 11.6 Å². The van der Waals surface area contributed by atoms with Crippen molar-refractivity contribution in [2.24, 2.45) is 0 Å². The molecule has 0 bridgehead atoms. The van der Waals surface area contributed by atoms with Crippen molar-refractivity contribution < 1.29 is 8.42 Å². The molecule has 2 heterocycles. The summed E-state index contributed by atoms with van der Waals surface area (Å²) in [5, 5.41) is 6.71. The Kier molecular flexibility index (Phi) is 5.29. The number of nitrogens with one attached hydrogen (secondary N) is 1. The van der Waals surface area contributed by atoms with E-state index < -0.39 is 10.0 Å². The average molecular weight is 335 g/mol. The van der Waals surface area contributed by atoms with Gasteiger partial charge in [0.1, 0.15) is 0 Å². The summed E-state index contributed by atoms with van der Waals surface area (Å²) in [6.45, 7) is 6.37. The molecular formula is C13H23ClN4O2S. The number of nitrogens with zero attached hydrogens (tertiary/aromatic N) is 3. The van der Waals surface area contributed by atoms with Gasteiger partial charge < -0.3 is 0 Å². The molecule has 2 rings (SSSR count).